The van der Waals surface area contributed by atoms with Crippen LogP contribution in [0.1, 0.15) is 47.2 Å². The number of thiophene rings is 2. The lowest BCUT2D eigenvalue weighted by Gasteiger charge is -2.46. The lowest BCUT2D eigenvalue weighted by atomic mass is 9.55. The van der Waals surface area contributed by atoms with E-state index in [0.29, 0.717) is 0 Å². The van der Waals surface area contributed by atoms with E-state index in [1.54, 1.807) is 0 Å². The van der Waals surface area contributed by atoms with E-state index < -0.39 is 5.41 Å². The van der Waals surface area contributed by atoms with Gasteiger partial charge in [-0.2, -0.15) is 0 Å². The minimum Gasteiger partial charge on any atom is -0.309 e. The Labute approximate surface area is 363 Å². The van der Waals surface area contributed by atoms with Crippen LogP contribution in [0.15, 0.2) is 200 Å². The lowest BCUT2D eigenvalue weighted by Crippen LogP contribution is -2.40. The number of benzene rings is 9. The van der Waals surface area contributed by atoms with Crippen LogP contribution >= 0.6 is 22.7 Å². The molecular formula is C58H39NS2. The fraction of sp³-hybridized carbons (Fsp3) is 0.0690. The van der Waals surface area contributed by atoms with Crippen molar-refractivity contribution in [1.82, 2.24) is 0 Å². The van der Waals surface area contributed by atoms with E-state index in [0.717, 1.165) is 11.4 Å². The molecule has 0 radical (unpaired) electrons. The first-order valence-corrected chi connectivity index (χ1v) is 22.8. The van der Waals surface area contributed by atoms with Crippen molar-refractivity contribution in [1.29, 1.82) is 0 Å². The van der Waals surface area contributed by atoms with E-state index in [-0.39, 0.29) is 5.41 Å². The molecule has 0 N–H and O–H groups in total. The van der Waals surface area contributed by atoms with Gasteiger partial charge in [0.2, 0.25) is 0 Å². The monoisotopic (exact) mass is 813 g/mol. The molecule has 11 aromatic rings. The number of anilines is 3. The second kappa shape index (κ2) is 12.9. The second-order valence-corrected chi connectivity index (χ2v) is 19.3. The molecule has 1 spiro atoms. The van der Waals surface area contributed by atoms with Crippen molar-refractivity contribution in [2.24, 2.45) is 0 Å². The van der Waals surface area contributed by atoms with E-state index >= 15 is 0 Å². The highest BCUT2D eigenvalue weighted by Crippen LogP contribution is 2.63. The minimum atomic E-state index is -0.480. The third-order valence-electron chi connectivity index (χ3n) is 13.8. The molecule has 0 saturated heterocycles. The summed E-state index contributed by atoms with van der Waals surface area (Å²) in [6.45, 7) is 4.79. The quantitative estimate of drug-likeness (QED) is 0.171. The van der Waals surface area contributed by atoms with E-state index in [4.69, 9.17) is 0 Å². The topological polar surface area (TPSA) is 3.24 Å². The summed E-state index contributed by atoms with van der Waals surface area (Å²) in [6, 6.07) is 75.5. The Morgan fingerprint density at radius 2 is 0.918 bits per heavy atom. The minimum absolute atomic E-state index is 0.155. The number of hydrogen-bond donors (Lipinski definition) is 0. The van der Waals surface area contributed by atoms with Gasteiger partial charge in [-0.1, -0.05) is 166 Å². The Kier molecular flexibility index (Phi) is 7.38. The van der Waals surface area contributed by atoms with Crippen molar-refractivity contribution in [3.8, 4) is 22.3 Å². The number of hydrogen-bond acceptors (Lipinski definition) is 3. The van der Waals surface area contributed by atoms with Crippen molar-refractivity contribution in [3.05, 3.63) is 234 Å². The van der Waals surface area contributed by atoms with Crippen LogP contribution < -0.4 is 4.90 Å². The first-order chi connectivity index (χ1) is 30.0. The van der Waals surface area contributed by atoms with Crippen LogP contribution in [0.2, 0.25) is 0 Å². The van der Waals surface area contributed by atoms with Gasteiger partial charge < -0.3 is 4.90 Å². The van der Waals surface area contributed by atoms with E-state index in [1.165, 1.54) is 102 Å². The largest absolute Gasteiger partial charge is 0.309 e. The van der Waals surface area contributed by atoms with Crippen molar-refractivity contribution in [2.45, 2.75) is 24.7 Å². The maximum atomic E-state index is 2.53. The van der Waals surface area contributed by atoms with Gasteiger partial charge in [-0.3, -0.25) is 0 Å². The van der Waals surface area contributed by atoms with Gasteiger partial charge in [0.25, 0.3) is 0 Å². The molecule has 13 rings (SSSR count). The summed E-state index contributed by atoms with van der Waals surface area (Å²) >= 11 is 3.76. The van der Waals surface area contributed by atoms with Gasteiger partial charge in [-0.25, -0.2) is 0 Å². The van der Waals surface area contributed by atoms with Gasteiger partial charge >= 0.3 is 0 Å². The second-order valence-electron chi connectivity index (χ2n) is 17.2. The van der Waals surface area contributed by atoms with E-state index in [9.17, 15) is 0 Å². The molecule has 61 heavy (non-hydrogen) atoms. The van der Waals surface area contributed by atoms with Crippen LogP contribution in [0, 0.1) is 0 Å². The van der Waals surface area contributed by atoms with Crippen molar-refractivity contribution in [3.63, 3.8) is 0 Å². The Hall–Kier alpha value is -6.78. The van der Waals surface area contributed by atoms with Crippen molar-refractivity contribution in [2.75, 3.05) is 4.90 Å². The fourth-order valence-corrected chi connectivity index (χ4v) is 13.5. The van der Waals surface area contributed by atoms with Gasteiger partial charge in [0, 0.05) is 52.4 Å². The molecule has 0 atom stereocenters. The molecule has 0 saturated carbocycles. The highest BCUT2D eigenvalue weighted by Gasteiger charge is 2.53. The SMILES string of the molecule is CC1(C)c2ccccc2C2(c3ccccc3-c3ccc(N(c4ccc(-c5cccc6sc7ccccc7c56)cc4)c4cccc5c4sc4ccccc45)cc32)c2ccccc21. The normalized spacial score (nSPS) is 14.3. The molecule has 2 heterocycles. The fourth-order valence-electron chi connectivity index (χ4n) is 11.1. The summed E-state index contributed by atoms with van der Waals surface area (Å²) in [5, 5.41) is 5.25. The molecule has 2 aliphatic carbocycles. The van der Waals surface area contributed by atoms with Gasteiger partial charge in [0.1, 0.15) is 0 Å². The number of rotatable bonds is 4. The van der Waals surface area contributed by atoms with Crippen LogP contribution in [-0.2, 0) is 10.8 Å². The summed E-state index contributed by atoms with van der Waals surface area (Å²) in [6.07, 6.45) is 0. The summed E-state index contributed by atoms with van der Waals surface area (Å²) in [5.74, 6) is 0. The molecule has 3 heteroatoms. The molecule has 9 aromatic carbocycles. The molecule has 288 valence electrons. The van der Waals surface area contributed by atoms with Gasteiger partial charge in [-0.05, 0) is 104 Å². The summed E-state index contributed by atoms with van der Waals surface area (Å²) in [5.41, 5.74) is 16.2. The van der Waals surface area contributed by atoms with Crippen LogP contribution in [0.5, 0.6) is 0 Å². The Morgan fingerprint density at radius 1 is 0.377 bits per heavy atom. The lowest BCUT2D eigenvalue weighted by molar-refractivity contribution is 0.563. The third kappa shape index (κ3) is 4.76. The third-order valence-corrected chi connectivity index (χ3v) is 16.1. The zero-order valence-electron chi connectivity index (χ0n) is 33.8. The van der Waals surface area contributed by atoms with Crippen molar-refractivity contribution >= 4 is 80.1 Å². The Balaban J connectivity index is 1.07. The van der Waals surface area contributed by atoms with E-state index in [1.807, 2.05) is 22.7 Å². The molecule has 0 amide bonds. The van der Waals surface area contributed by atoms with Gasteiger partial charge in [0.15, 0.2) is 0 Å². The van der Waals surface area contributed by atoms with E-state index in [2.05, 4.69) is 219 Å². The summed E-state index contributed by atoms with van der Waals surface area (Å²) in [7, 11) is 0. The highest BCUT2D eigenvalue weighted by molar-refractivity contribution is 7.26. The molecule has 0 unspecified atom stereocenters. The maximum absolute atomic E-state index is 2.53. The summed E-state index contributed by atoms with van der Waals surface area (Å²) in [4.78, 5) is 2.52. The summed E-state index contributed by atoms with van der Waals surface area (Å²) < 4.78 is 5.24. The average molecular weight is 814 g/mol. The van der Waals surface area contributed by atoms with Crippen LogP contribution in [0.4, 0.5) is 17.1 Å². The van der Waals surface area contributed by atoms with Crippen LogP contribution in [0.25, 0.3) is 62.6 Å². The first kappa shape index (κ1) is 35.0. The van der Waals surface area contributed by atoms with Crippen LogP contribution in [-0.4, -0.2) is 0 Å². The smallest absolute Gasteiger partial charge is 0.0720 e. The molecule has 0 bridgehead atoms. The molecular weight excluding hydrogens is 775 g/mol. The first-order valence-electron chi connectivity index (χ1n) is 21.2. The molecule has 2 aromatic heterocycles. The Morgan fingerprint density at radius 3 is 1.67 bits per heavy atom. The predicted molar refractivity (Wildman–Crippen MR) is 262 cm³/mol. The van der Waals surface area contributed by atoms with Crippen LogP contribution in [0.3, 0.4) is 0 Å². The van der Waals surface area contributed by atoms with Gasteiger partial charge in [0.05, 0.1) is 15.8 Å². The molecule has 0 aliphatic heterocycles. The number of fused-ring (bicyclic) bond motifs is 15. The molecule has 0 fully saturated rings. The molecule has 1 nitrogen and oxygen atoms in total. The zero-order valence-corrected chi connectivity index (χ0v) is 35.4. The average Bonchev–Trinajstić information content (AvgIpc) is 3.98. The predicted octanol–water partition coefficient (Wildman–Crippen LogP) is 16.6. The maximum Gasteiger partial charge on any atom is 0.0720 e. The highest BCUT2D eigenvalue weighted by atomic mass is 32.1. The Bertz CT molecular complexity index is 3530. The number of nitrogens with zero attached hydrogens (tertiary/aromatic N) is 1. The standard InChI is InChI=1S/C58H39NS2/c1-57(2)46-21-7-9-23-48(46)58(49-24-10-8-22-47(49)57)45-20-6-3-15-40(45)41-34-33-38(35-50(41)58)59(51-25-13-19-43-42-16-4-11-26-52(42)61-56(43)51)37-31-29-36(30-32-37)39-18-14-28-54-55(39)44-17-5-12-27-53(44)60-54/h3-35H,1-2H3. The molecule has 2 aliphatic rings. The van der Waals surface area contributed by atoms with Gasteiger partial charge in [-0.15, -0.1) is 22.7 Å². The van der Waals surface area contributed by atoms with Crippen molar-refractivity contribution < 1.29 is 0 Å². The zero-order chi connectivity index (χ0) is 40.5.